The van der Waals surface area contributed by atoms with Gasteiger partial charge in [-0.05, 0) is 25.2 Å². The molecule has 1 aromatic heterocycles. The van der Waals surface area contributed by atoms with Gasteiger partial charge in [-0.15, -0.1) is 23.7 Å². The van der Waals surface area contributed by atoms with Crippen molar-refractivity contribution in [2.45, 2.75) is 26.2 Å². The Hall–Kier alpha value is -1.17. The van der Waals surface area contributed by atoms with Crippen molar-refractivity contribution in [1.82, 2.24) is 10.3 Å². The monoisotopic (exact) mass is 313 g/mol. The van der Waals surface area contributed by atoms with Crippen LogP contribution in [0, 0.1) is 0 Å². The maximum atomic E-state index is 11.7. The molecule has 0 unspecified atom stereocenters. The van der Waals surface area contributed by atoms with Gasteiger partial charge in [-0.25, -0.2) is 4.98 Å². The third-order valence-corrected chi connectivity index (χ3v) is 4.10. The smallest absolute Gasteiger partial charge is 0.225 e. The molecule has 20 heavy (non-hydrogen) atoms. The predicted molar refractivity (Wildman–Crippen MR) is 88.1 cm³/mol. The maximum Gasteiger partial charge on any atom is 0.225 e. The lowest BCUT2D eigenvalue weighted by atomic mass is 10.2. The molecule has 0 saturated carbocycles. The van der Waals surface area contributed by atoms with Crippen molar-refractivity contribution < 1.29 is 4.79 Å². The number of halogens is 1. The molecular weight excluding hydrogens is 294 g/mol. The summed E-state index contributed by atoms with van der Waals surface area (Å²) in [5.74, 6) is 0.466. The Morgan fingerprint density at radius 1 is 1.40 bits per heavy atom. The van der Waals surface area contributed by atoms with Crippen LogP contribution in [0.3, 0.4) is 0 Å². The standard InChI is InChI=1S/C14H19N3OS.ClH/c1-9(2)14-17-11-5-4-10(8-12(11)19-14)16-13(18)6-7-15-3;/h4-5,8-9,15H,6-7H2,1-3H3,(H,16,18);1H. The van der Waals surface area contributed by atoms with Crippen molar-refractivity contribution in [3.05, 3.63) is 23.2 Å². The molecule has 1 aromatic carbocycles. The minimum Gasteiger partial charge on any atom is -0.326 e. The molecule has 0 radical (unpaired) electrons. The first-order valence-electron chi connectivity index (χ1n) is 6.45. The average molecular weight is 314 g/mol. The summed E-state index contributed by atoms with van der Waals surface area (Å²) < 4.78 is 1.12. The third-order valence-electron chi connectivity index (χ3n) is 2.78. The highest BCUT2D eigenvalue weighted by Gasteiger charge is 2.08. The molecule has 2 rings (SSSR count). The number of fused-ring (bicyclic) bond motifs is 1. The van der Waals surface area contributed by atoms with Crippen molar-refractivity contribution in [1.29, 1.82) is 0 Å². The highest BCUT2D eigenvalue weighted by molar-refractivity contribution is 7.18. The van der Waals surface area contributed by atoms with E-state index in [9.17, 15) is 4.79 Å². The van der Waals surface area contributed by atoms with E-state index >= 15 is 0 Å². The van der Waals surface area contributed by atoms with Crippen molar-refractivity contribution >= 4 is 45.6 Å². The number of anilines is 1. The number of nitrogens with one attached hydrogen (secondary N) is 2. The molecule has 6 heteroatoms. The Balaban J connectivity index is 0.00000200. The minimum absolute atomic E-state index is 0. The van der Waals surface area contributed by atoms with Crippen LogP contribution in [0.1, 0.15) is 31.2 Å². The van der Waals surface area contributed by atoms with E-state index in [1.165, 1.54) is 0 Å². The zero-order chi connectivity index (χ0) is 13.8. The van der Waals surface area contributed by atoms with Gasteiger partial charge in [0.15, 0.2) is 0 Å². The fourth-order valence-electron chi connectivity index (χ4n) is 1.73. The van der Waals surface area contributed by atoms with E-state index < -0.39 is 0 Å². The third kappa shape index (κ3) is 4.16. The molecule has 0 aliphatic rings. The Morgan fingerprint density at radius 2 is 2.15 bits per heavy atom. The van der Waals surface area contributed by atoms with Gasteiger partial charge in [-0.2, -0.15) is 0 Å². The highest BCUT2D eigenvalue weighted by Crippen LogP contribution is 2.29. The summed E-state index contributed by atoms with van der Waals surface area (Å²) in [6.07, 6.45) is 0.481. The first-order valence-corrected chi connectivity index (χ1v) is 7.26. The van der Waals surface area contributed by atoms with Gasteiger partial charge >= 0.3 is 0 Å². The average Bonchev–Trinajstić information content (AvgIpc) is 2.79. The molecule has 0 aliphatic carbocycles. The summed E-state index contributed by atoms with van der Waals surface area (Å²) in [7, 11) is 1.84. The van der Waals surface area contributed by atoms with E-state index in [-0.39, 0.29) is 18.3 Å². The molecule has 2 aromatic rings. The maximum absolute atomic E-state index is 11.7. The van der Waals surface area contributed by atoms with Crippen LogP contribution in [0.5, 0.6) is 0 Å². The van der Waals surface area contributed by atoms with Crippen molar-refractivity contribution in [3.8, 4) is 0 Å². The van der Waals surface area contributed by atoms with Crippen LogP contribution in [0.15, 0.2) is 18.2 Å². The topological polar surface area (TPSA) is 54.0 Å². The zero-order valence-corrected chi connectivity index (χ0v) is 13.5. The summed E-state index contributed by atoms with van der Waals surface area (Å²) in [4.78, 5) is 16.2. The summed E-state index contributed by atoms with van der Waals surface area (Å²) >= 11 is 1.69. The first kappa shape index (κ1) is 16.9. The zero-order valence-electron chi connectivity index (χ0n) is 11.9. The van der Waals surface area contributed by atoms with Crippen molar-refractivity contribution in [2.75, 3.05) is 18.9 Å². The quantitative estimate of drug-likeness (QED) is 0.889. The van der Waals surface area contributed by atoms with Crippen LogP contribution in [-0.2, 0) is 4.79 Å². The van der Waals surface area contributed by atoms with E-state index in [1.54, 1.807) is 11.3 Å². The number of aromatic nitrogens is 1. The van der Waals surface area contributed by atoms with Crippen LogP contribution in [-0.4, -0.2) is 24.5 Å². The van der Waals surface area contributed by atoms with Gasteiger partial charge in [0.2, 0.25) is 5.91 Å². The largest absolute Gasteiger partial charge is 0.326 e. The molecule has 0 aliphatic heterocycles. The Labute approximate surface area is 129 Å². The number of rotatable bonds is 5. The van der Waals surface area contributed by atoms with Gasteiger partial charge in [0, 0.05) is 24.6 Å². The van der Waals surface area contributed by atoms with Crippen molar-refractivity contribution in [2.24, 2.45) is 0 Å². The number of nitrogens with zero attached hydrogens (tertiary/aromatic N) is 1. The molecule has 1 amide bonds. The Bertz CT molecular complexity index is 583. The normalized spacial score (nSPS) is 10.6. The number of carbonyl (C=O) groups excluding carboxylic acids is 1. The molecule has 4 nitrogen and oxygen atoms in total. The van der Waals surface area contributed by atoms with E-state index in [4.69, 9.17) is 0 Å². The molecule has 0 bridgehead atoms. The number of benzene rings is 1. The second kappa shape index (κ2) is 7.57. The Morgan fingerprint density at radius 3 is 2.80 bits per heavy atom. The summed E-state index contributed by atoms with van der Waals surface area (Å²) in [5.41, 5.74) is 1.84. The SMILES string of the molecule is CNCCC(=O)Nc1ccc2nc(C(C)C)sc2c1.Cl. The fourth-order valence-corrected chi connectivity index (χ4v) is 2.74. The number of amides is 1. The molecule has 0 spiro atoms. The van der Waals surface area contributed by atoms with E-state index in [0.717, 1.165) is 20.9 Å². The lowest BCUT2D eigenvalue weighted by molar-refractivity contribution is -0.116. The van der Waals surface area contributed by atoms with Gasteiger partial charge < -0.3 is 10.6 Å². The summed E-state index contributed by atoms with van der Waals surface area (Å²) in [5, 5.41) is 7.00. The molecule has 1 heterocycles. The molecular formula is C14H20ClN3OS. The minimum atomic E-state index is 0. The van der Waals surface area contributed by atoms with Crippen LogP contribution >= 0.6 is 23.7 Å². The molecule has 0 atom stereocenters. The highest BCUT2D eigenvalue weighted by atomic mass is 35.5. The molecule has 110 valence electrons. The molecule has 0 saturated heterocycles. The van der Waals surface area contributed by atoms with Crippen LogP contribution in [0.25, 0.3) is 10.2 Å². The number of thiazole rings is 1. The second-order valence-corrected chi connectivity index (χ2v) is 5.85. The van der Waals surface area contributed by atoms with Gasteiger partial charge in [-0.1, -0.05) is 13.8 Å². The van der Waals surface area contributed by atoms with Crippen LogP contribution < -0.4 is 10.6 Å². The lowest BCUT2D eigenvalue weighted by Gasteiger charge is -2.04. The van der Waals surface area contributed by atoms with E-state index in [2.05, 4.69) is 29.5 Å². The van der Waals surface area contributed by atoms with Crippen molar-refractivity contribution in [3.63, 3.8) is 0 Å². The summed E-state index contributed by atoms with van der Waals surface area (Å²) in [6, 6.07) is 5.87. The number of carbonyl (C=O) groups is 1. The van der Waals surface area contributed by atoms with E-state index in [0.29, 0.717) is 18.9 Å². The molecule has 0 fully saturated rings. The lowest BCUT2D eigenvalue weighted by Crippen LogP contribution is -2.18. The fraction of sp³-hybridized carbons (Fsp3) is 0.429. The Kier molecular flexibility index (Phi) is 6.39. The predicted octanol–water partition coefficient (Wildman–Crippen LogP) is 3.39. The summed E-state index contributed by atoms with van der Waals surface area (Å²) in [6.45, 7) is 4.96. The number of hydrogen-bond acceptors (Lipinski definition) is 4. The van der Waals surface area contributed by atoms with Gasteiger partial charge in [-0.3, -0.25) is 4.79 Å². The van der Waals surface area contributed by atoms with Gasteiger partial charge in [0.25, 0.3) is 0 Å². The number of hydrogen-bond donors (Lipinski definition) is 2. The van der Waals surface area contributed by atoms with E-state index in [1.807, 2.05) is 25.2 Å². The first-order chi connectivity index (χ1) is 9.10. The molecule has 2 N–H and O–H groups in total. The van der Waals surface area contributed by atoms with Gasteiger partial charge in [0.1, 0.15) is 0 Å². The van der Waals surface area contributed by atoms with Crippen LogP contribution in [0.2, 0.25) is 0 Å². The van der Waals surface area contributed by atoms with Crippen LogP contribution in [0.4, 0.5) is 5.69 Å². The van der Waals surface area contributed by atoms with Gasteiger partial charge in [0.05, 0.1) is 15.2 Å². The second-order valence-electron chi connectivity index (χ2n) is 4.79.